The molecule has 0 bridgehead atoms. The molecular weight excluding hydrogens is 272 g/mol. The Morgan fingerprint density at radius 3 is 2.18 bits per heavy atom. The van der Waals surface area contributed by atoms with Crippen LogP contribution in [0.5, 0.6) is 0 Å². The molecule has 2 aromatic rings. The Kier molecular flexibility index (Phi) is 5.48. The van der Waals surface area contributed by atoms with Crippen molar-refractivity contribution < 1.29 is 4.79 Å². The van der Waals surface area contributed by atoms with E-state index in [4.69, 9.17) is 0 Å². The molecule has 114 valence electrons. The monoisotopic (exact) mass is 294 g/mol. The fourth-order valence-electron chi connectivity index (χ4n) is 2.29. The standard InChI is InChI=1S/C19H22N2O/c1-14(2)13-15(3)20-21-19(22)18-11-9-17(10-12-18)16-7-5-4-6-8-16/h4-12,14H,13H2,1-3H3,(H,21,22). The zero-order valence-electron chi connectivity index (χ0n) is 13.3. The number of carbonyl (C=O) groups is 1. The molecule has 3 heteroatoms. The Morgan fingerprint density at radius 1 is 1.00 bits per heavy atom. The van der Waals surface area contributed by atoms with Gasteiger partial charge in [-0.05, 0) is 42.5 Å². The molecule has 2 aromatic carbocycles. The summed E-state index contributed by atoms with van der Waals surface area (Å²) in [7, 11) is 0. The van der Waals surface area contributed by atoms with Gasteiger partial charge in [0.25, 0.3) is 5.91 Å². The zero-order chi connectivity index (χ0) is 15.9. The number of hydrogen-bond donors (Lipinski definition) is 1. The summed E-state index contributed by atoms with van der Waals surface area (Å²) in [5.74, 6) is 0.355. The first-order valence-corrected chi connectivity index (χ1v) is 7.55. The normalized spacial score (nSPS) is 11.5. The van der Waals surface area contributed by atoms with Gasteiger partial charge in [-0.15, -0.1) is 0 Å². The lowest BCUT2D eigenvalue weighted by molar-refractivity contribution is 0.0954. The van der Waals surface area contributed by atoms with Crippen LogP contribution < -0.4 is 5.43 Å². The lowest BCUT2D eigenvalue weighted by atomic mass is 10.0. The highest BCUT2D eigenvalue weighted by molar-refractivity contribution is 5.95. The number of hydrazone groups is 1. The third-order valence-electron chi connectivity index (χ3n) is 3.31. The molecule has 0 saturated heterocycles. The first-order chi connectivity index (χ1) is 10.6. The van der Waals surface area contributed by atoms with Gasteiger partial charge in [-0.3, -0.25) is 4.79 Å². The Labute approximate surface area is 132 Å². The molecule has 0 unspecified atom stereocenters. The lowest BCUT2D eigenvalue weighted by Gasteiger charge is -2.06. The Balaban J connectivity index is 2.03. The molecule has 1 amide bonds. The summed E-state index contributed by atoms with van der Waals surface area (Å²) in [4.78, 5) is 12.1. The molecule has 3 nitrogen and oxygen atoms in total. The third-order valence-corrected chi connectivity index (χ3v) is 3.31. The minimum absolute atomic E-state index is 0.178. The predicted octanol–water partition coefficient (Wildman–Crippen LogP) is 4.51. The van der Waals surface area contributed by atoms with Crippen LogP contribution in [-0.4, -0.2) is 11.6 Å². The summed E-state index contributed by atoms with van der Waals surface area (Å²) in [6.45, 7) is 6.19. The molecule has 0 aliphatic heterocycles. The number of hydrogen-bond acceptors (Lipinski definition) is 2. The van der Waals surface area contributed by atoms with Crippen LogP contribution in [0.1, 0.15) is 37.6 Å². The van der Waals surface area contributed by atoms with E-state index in [0.717, 1.165) is 23.3 Å². The minimum atomic E-state index is -0.178. The average Bonchev–Trinajstić information content (AvgIpc) is 2.53. The first kappa shape index (κ1) is 16.0. The second-order valence-electron chi connectivity index (χ2n) is 5.83. The molecule has 0 spiro atoms. The molecular formula is C19H22N2O. The van der Waals surface area contributed by atoms with Gasteiger partial charge >= 0.3 is 0 Å². The Bertz CT molecular complexity index is 643. The van der Waals surface area contributed by atoms with E-state index in [1.165, 1.54) is 0 Å². The van der Waals surface area contributed by atoms with Crippen molar-refractivity contribution >= 4 is 11.6 Å². The summed E-state index contributed by atoms with van der Waals surface area (Å²) in [6.07, 6.45) is 0.882. The molecule has 2 rings (SSSR count). The van der Waals surface area contributed by atoms with Crippen molar-refractivity contribution in [3.05, 3.63) is 60.2 Å². The number of nitrogens with zero attached hydrogens (tertiary/aromatic N) is 1. The van der Waals surface area contributed by atoms with E-state index in [2.05, 4.69) is 36.5 Å². The van der Waals surface area contributed by atoms with E-state index in [1.54, 1.807) is 0 Å². The average molecular weight is 294 g/mol. The SMILES string of the molecule is CC(CC(C)C)=NNC(=O)c1ccc(-c2ccccc2)cc1. The maximum atomic E-state index is 12.1. The number of nitrogens with one attached hydrogen (secondary N) is 1. The van der Waals surface area contributed by atoms with Crippen LogP contribution in [0, 0.1) is 5.92 Å². The van der Waals surface area contributed by atoms with Crippen LogP contribution in [0.25, 0.3) is 11.1 Å². The van der Waals surface area contributed by atoms with Crippen LogP contribution >= 0.6 is 0 Å². The molecule has 0 atom stereocenters. The van der Waals surface area contributed by atoms with Gasteiger partial charge in [0, 0.05) is 11.3 Å². The van der Waals surface area contributed by atoms with Gasteiger partial charge in [0.2, 0.25) is 0 Å². The summed E-state index contributed by atoms with van der Waals surface area (Å²) in [6, 6.07) is 17.6. The van der Waals surface area contributed by atoms with E-state index >= 15 is 0 Å². The molecule has 1 N–H and O–H groups in total. The lowest BCUT2D eigenvalue weighted by Crippen LogP contribution is -2.19. The molecule has 0 aromatic heterocycles. The van der Waals surface area contributed by atoms with Gasteiger partial charge < -0.3 is 0 Å². The number of rotatable bonds is 5. The number of benzene rings is 2. The minimum Gasteiger partial charge on any atom is -0.267 e. The van der Waals surface area contributed by atoms with Crippen LogP contribution in [0.15, 0.2) is 59.7 Å². The number of carbonyl (C=O) groups excluding carboxylic acids is 1. The Morgan fingerprint density at radius 2 is 1.59 bits per heavy atom. The second kappa shape index (κ2) is 7.55. The molecule has 0 fully saturated rings. The van der Waals surface area contributed by atoms with E-state index in [-0.39, 0.29) is 5.91 Å². The highest BCUT2D eigenvalue weighted by Crippen LogP contribution is 2.19. The largest absolute Gasteiger partial charge is 0.271 e. The highest BCUT2D eigenvalue weighted by atomic mass is 16.2. The van der Waals surface area contributed by atoms with Crippen LogP contribution in [-0.2, 0) is 0 Å². The van der Waals surface area contributed by atoms with Gasteiger partial charge in [0.15, 0.2) is 0 Å². The van der Waals surface area contributed by atoms with Crippen molar-refractivity contribution in [2.24, 2.45) is 11.0 Å². The van der Waals surface area contributed by atoms with E-state index in [1.807, 2.05) is 49.4 Å². The van der Waals surface area contributed by atoms with Crippen molar-refractivity contribution in [2.45, 2.75) is 27.2 Å². The predicted molar refractivity (Wildman–Crippen MR) is 91.9 cm³/mol. The first-order valence-electron chi connectivity index (χ1n) is 7.55. The molecule has 0 aliphatic carbocycles. The molecule has 0 saturated carbocycles. The van der Waals surface area contributed by atoms with Crippen molar-refractivity contribution in [3.8, 4) is 11.1 Å². The summed E-state index contributed by atoms with van der Waals surface area (Å²) in [5, 5.41) is 4.14. The smallest absolute Gasteiger partial charge is 0.267 e. The fraction of sp³-hybridized carbons (Fsp3) is 0.263. The van der Waals surface area contributed by atoms with Crippen LogP contribution in [0.2, 0.25) is 0 Å². The van der Waals surface area contributed by atoms with E-state index < -0.39 is 0 Å². The summed E-state index contributed by atoms with van der Waals surface area (Å²) < 4.78 is 0. The molecule has 0 aliphatic rings. The van der Waals surface area contributed by atoms with Gasteiger partial charge in [-0.25, -0.2) is 5.43 Å². The zero-order valence-corrected chi connectivity index (χ0v) is 13.3. The van der Waals surface area contributed by atoms with Gasteiger partial charge in [-0.1, -0.05) is 56.3 Å². The van der Waals surface area contributed by atoms with Gasteiger partial charge in [-0.2, -0.15) is 5.10 Å². The van der Waals surface area contributed by atoms with Crippen LogP contribution in [0.4, 0.5) is 0 Å². The molecule has 0 heterocycles. The van der Waals surface area contributed by atoms with E-state index in [0.29, 0.717) is 11.5 Å². The maximum absolute atomic E-state index is 12.1. The van der Waals surface area contributed by atoms with Crippen LogP contribution in [0.3, 0.4) is 0 Å². The number of amides is 1. The second-order valence-corrected chi connectivity index (χ2v) is 5.83. The molecule has 0 radical (unpaired) electrons. The van der Waals surface area contributed by atoms with Crippen molar-refractivity contribution in [1.29, 1.82) is 0 Å². The van der Waals surface area contributed by atoms with Crippen molar-refractivity contribution in [3.63, 3.8) is 0 Å². The quantitative estimate of drug-likeness (QED) is 0.640. The third kappa shape index (κ3) is 4.55. The fourth-order valence-corrected chi connectivity index (χ4v) is 2.29. The van der Waals surface area contributed by atoms with E-state index in [9.17, 15) is 4.79 Å². The van der Waals surface area contributed by atoms with Crippen molar-refractivity contribution in [2.75, 3.05) is 0 Å². The van der Waals surface area contributed by atoms with Gasteiger partial charge in [0.05, 0.1) is 0 Å². The topological polar surface area (TPSA) is 41.5 Å². The van der Waals surface area contributed by atoms with Gasteiger partial charge in [0.1, 0.15) is 0 Å². The Hall–Kier alpha value is -2.42. The summed E-state index contributed by atoms with van der Waals surface area (Å²) >= 11 is 0. The van der Waals surface area contributed by atoms with Crippen molar-refractivity contribution in [1.82, 2.24) is 5.43 Å². The highest BCUT2D eigenvalue weighted by Gasteiger charge is 2.05. The maximum Gasteiger partial charge on any atom is 0.271 e. The summed E-state index contributed by atoms with van der Waals surface area (Å²) in [5.41, 5.74) is 6.39. The molecule has 22 heavy (non-hydrogen) atoms.